The van der Waals surface area contributed by atoms with E-state index in [4.69, 9.17) is 10.5 Å². The zero-order valence-electron chi connectivity index (χ0n) is 16.0. The number of esters is 1. The van der Waals surface area contributed by atoms with Crippen LogP contribution in [0.4, 0.5) is 11.8 Å². The van der Waals surface area contributed by atoms with E-state index in [0.717, 1.165) is 18.4 Å². The third kappa shape index (κ3) is 4.09. The van der Waals surface area contributed by atoms with Crippen molar-refractivity contribution < 1.29 is 17.9 Å². The second-order valence-electron chi connectivity index (χ2n) is 6.77. The molecule has 8 nitrogen and oxygen atoms in total. The average Bonchev–Trinajstić information content (AvgIpc) is 2.68. The Morgan fingerprint density at radius 3 is 2.68 bits per heavy atom. The number of rotatable bonds is 5. The van der Waals surface area contributed by atoms with Crippen LogP contribution in [0.25, 0.3) is 0 Å². The van der Waals surface area contributed by atoms with Crippen LogP contribution in [-0.2, 0) is 19.4 Å². The molecule has 0 aliphatic carbocycles. The number of hydrogen-bond acceptors (Lipinski definition) is 8. The molecule has 9 heteroatoms. The molecule has 1 aromatic carbocycles. The van der Waals surface area contributed by atoms with Crippen molar-refractivity contribution >= 4 is 27.6 Å². The molecule has 2 heterocycles. The summed E-state index contributed by atoms with van der Waals surface area (Å²) in [4.78, 5) is 22.3. The lowest BCUT2D eigenvalue weighted by Crippen LogP contribution is -2.40. The molecular weight excluding hydrogens is 380 g/mol. The molecule has 2 aromatic rings. The van der Waals surface area contributed by atoms with Gasteiger partial charge in [0.15, 0.2) is 0 Å². The van der Waals surface area contributed by atoms with Crippen LogP contribution in [0.3, 0.4) is 0 Å². The Balaban J connectivity index is 1.84. The standard InChI is InChI=1S/C19H24N4O4S/c1-3-27-18(24)14-5-4-10-23(12-14)19-21-11-16(17(20)22-19)28(25,26)15-8-6-13(2)7-9-15/h6-9,11,14H,3-5,10,12H2,1-2H3,(H2,20,21,22)/t14-/m0/s1. The molecule has 150 valence electrons. The molecule has 1 saturated heterocycles. The Morgan fingerprint density at radius 1 is 1.32 bits per heavy atom. The van der Waals surface area contributed by atoms with E-state index in [1.807, 2.05) is 11.8 Å². The molecule has 0 unspecified atom stereocenters. The second-order valence-corrected chi connectivity index (χ2v) is 8.69. The minimum atomic E-state index is -3.81. The van der Waals surface area contributed by atoms with E-state index >= 15 is 0 Å². The maximum absolute atomic E-state index is 12.8. The van der Waals surface area contributed by atoms with Gasteiger partial charge < -0.3 is 15.4 Å². The van der Waals surface area contributed by atoms with Crippen molar-refractivity contribution in [3.05, 3.63) is 36.0 Å². The highest BCUT2D eigenvalue weighted by atomic mass is 32.2. The summed E-state index contributed by atoms with van der Waals surface area (Å²) in [5.41, 5.74) is 6.93. The highest BCUT2D eigenvalue weighted by Gasteiger charge is 2.29. The van der Waals surface area contributed by atoms with Gasteiger partial charge in [-0.2, -0.15) is 4.98 Å². The number of carbonyl (C=O) groups is 1. The number of ether oxygens (including phenoxy) is 1. The first-order valence-electron chi connectivity index (χ1n) is 9.18. The summed E-state index contributed by atoms with van der Waals surface area (Å²) in [5, 5.41) is 0. The molecule has 0 amide bonds. The Labute approximate surface area is 164 Å². The van der Waals surface area contributed by atoms with Gasteiger partial charge >= 0.3 is 5.97 Å². The Kier molecular flexibility index (Phi) is 5.83. The van der Waals surface area contributed by atoms with Crippen LogP contribution < -0.4 is 10.6 Å². The molecule has 0 saturated carbocycles. The van der Waals surface area contributed by atoms with E-state index in [1.54, 1.807) is 19.1 Å². The summed E-state index contributed by atoms with van der Waals surface area (Å²) in [6.07, 6.45) is 2.77. The fraction of sp³-hybridized carbons (Fsp3) is 0.421. The zero-order chi connectivity index (χ0) is 20.3. The van der Waals surface area contributed by atoms with Crippen LogP contribution in [0.5, 0.6) is 0 Å². The number of anilines is 2. The maximum Gasteiger partial charge on any atom is 0.310 e. The van der Waals surface area contributed by atoms with Crippen molar-refractivity contribution in [3.63, 3.8) is 0 Å². The summed E-state index contributed by atoms with van der Waals surface area (Å²) in [5.74, 6) is -0.286. The van der Waals surface area contributed by atoms with Crippen LogP contribution in [0.15, 0.2) is 40.3 Å². The normalized spacial score (nSPS) is 17.4. The molecule has 2 N–H and O–H groups in total. The maximum atomic E-state index is 12.8. The number of nitrogens with two attached hydrogens (primary N) is 1. The lowest BCUT2D eigenvalue weighted by Gasteiger charge is -2.31. The van der Waals surface area contributed by atoms with Crippen molar-refractivity contribution in [2.45, 2.75) is 36.5 Å². The first-order chi connectivity index (χ1) is 13.3. The van der Waals surface area contributed by atoms with Crippen molar-refractivity contribution in [1.82, 2.24) is 9.97 Å². The van der Waals surface area contributed by atoms with Crippen LogP contribution in [0, 0.1) is 12.8 Å². The number of aromatic nitrogens is 2. The predicted molar refractivity (Wildman–Crippen MR) is 105 cm³/mol. The average molecular weight is 404 g/mol. The topological polar surface area (TPSA) is 115 Å². The first kappa shape index (κ1) is 20.1. The van der Waals surface area contributed by atoms with Gasteiger partial charge in [-0.25, -0.2) is 13.4 Å². The number of nitrogen functional groups attached to an aromatic ring is 1. The predicted octanol–water partition coefficient (Wildman–Crippen LogP) is 1.98. The molecule has 1 aromatic heterocycles. The zero-order valence-corrected chi connectivity index (χ0v) is 16.8. The van der Waals surface area contributed by atoms with E-state index < -0.39 is 9.84 Å². The second kappa shape index (κ2) is 8.14. The van der Waals surface area contributed by atoms with Gasteiger partial charge in [0.1, 0.15) is 10.7 Å². The van der Waals surface area contributed by atoms with E-state index in [0.29, 0.717) is 25.6 Å². The molecule has 0 bridgehead atoms. The number of hydrogen-bond donors (Lipinski definition) is 1. The van der Waals surface area contributed by atoms with Gasteiger partial charge in [-0.15, -0.1) is 0 Å². The van der Waals surface area contributed by atoms with E-state index in [1.165, 1.54) is 18.3 Å². The smallest absolute Gasteiger partial charge is 0.310 e. The van der Waals surface area contributed by atoms with Gasteiger partial charge in [-0.3, -0.25) is 4.79 Å². The van der Waals surface area contributed by atoms with E-state index in [2.05, 4.69) is 9.97 Å². The summed E-state index contributed by atoms with van der Waals surface area (Å²) >= 11 is 0. The SMILES string of the molecule is CCOC(=O)[C@H]1CCCN(c2ncc(S(=O)(=O)c3ccc(C)cc3)c(N)n2)C1. The van der Waals surface area contributed by atoms with E-state index in [-0.39, 0.29) is 27.5 Å². The van der Waals surface area contributed by atoms with Crippen LogP contribution >= 0.6 is 0 Å². The quantitative estimate of drug-likeness (QED) is 0.752. The van der Waals surface area contributed by atoms with Crippen molar-refractivity contribution in [1.29, 1.82) is 0 Å². The van der Waals surface area contributed by atoms with Gasteiger partial charge in [0, 0.05) is 13.1 Å². The third-order valence-electron chi connectivity index (χ3n) is 4.72. The molecule has 0 spiro atoms. The molecule has 1 atom stereocenters. The Bertz CT molecular complexity index is 960. The van der Waals surface area contributed by atoms with Crippen LogP contribution in [0.2, 0.25) is 0 Å². The monoisotopic (exact) mass is 404 g/mol. The van der Waals surface area contributed by atoms with Crippen LogP contribution in [-0.4, -0.2) is 44.1 Å². The largest absolute Gasteiger partial charge is 0.466 e. The fourth-order valence-electron chi connectivity index (χ4n) is 3.19. The molecule has 1 fully saturated rings. The minimum Gasteiger partial charge on any atom is -0.466 e. The highest BCUT2D eigenvalue weighted by molar-refractivity contribution is 7.91. The molecule has 28 heavy (non-hydrogen) atoms. The molecule has 0 radical (unpaired) electrons. The van der Waals surface area contributed by atoms with Gasteiger partial charge in [0.25, 0.3) is 0 Å². The number of sulfone groups is 1. The number of nitrogens with zero attached hydrogens (tertiary/aromatic N) is 3. The Hall–Kier alpha value is -2.68. The van der Waals surface area contributed by atoms with Crippen molar-refractivity contribution in [2.75, 3.05) is 30.3 Å². The summed E-state index contributed by atoms with van der Waals surface area (Å²) in [6.45, 7) is 5.08. The number of carbonyl (C=O) groups excluding carboxylic acids is 1. The highest BCUT2D eigenvalue weighted by Crippen LogP contribution is 2.27. The summed E-state index contributed by atoms with van der Waals surface area (Å²) < 4.78 is 30.8. The third-order valence-corrected chi connectivity index (χ3v) is 6.50. The summed E-state index contributed by atoms with van der Waals surface area (Å²) in [7, 11) is -3.81. The first-order valence-corrected chi connectivity index (χ1v) is 10.7. The lowest BCUT2D eigenvalue weighted by atomic mass is 9.98. The van der Waals surface area contributed by atoms with Gasteiger partial charge in [0.2, 0.25) is 15.8 Å². The Morgan fingerprint density at radius 2 is 2.04 bits per heavy atom. The number of benzene rings is 1. The molecule has 1 aliphatic rings. The van der Waals surface area contributed by atoms with Crippen molar-refractivity contribution in [2.24, 2.45) is 5.92 Å². The number of piperidine rings is 1. The summed E-state index contributed by atoms with van der Waals surface area (Å²) in [6, 6.07) is 6.52. The lowest BCUT2D eigenvalue weighted by molar-refractivity contribution is -0.148. The van der Waals surface area contributed by atoms with Gasteiger partial charge in [0.05, 0.1) is 23.6 Å². The van der Waals surface area contributed by atoms with Gasteiger partial charge in [-0.05, 0) is 38.8 Å². The number of aryl methyl sites for hydroxylation is 1. The molecule has 1 aliphatic heterocycles. The minimum absolute atomic E-state index is 0.108. The molecular formula is C19H24N4O4S. The van der Waals surface area contributed by atoms with Crippen LogP contribution in [0.1, 0.15) is 25.3 Å². The van der Waals surface area contributed by atoms with Crippen molar-refractivity contribution in [3.8, 4) is 0 Å². The fourth-order valence-corrected chi connectivity index (χ4v) is 4.45. The van der Waals surface area contributed by atoms with Gasteiger partial charge in [-0.1, -0.05) is 17.7 Å². The molecule has 3 rings (SSSR count). The van der Waals surface area contributed by atoms with E-state index in [9.17, 15) is 13.2 Å².